The Morgan fingerprint density at radius 3 is 1.58 bits per heavy atom. The largest absolute Gasteiger partial charge is 0.550 e. The average Bonchev–Trinajstić information content (AvgIpc) is 2.64. The molecule has 0 amide bonds. The van der Waals surface area contributed by atoms with Crippen molar-refractivity contribution < 1.29 is 38.1 Å². The molecular weight excluding hydrogens is 342 g/mol. The Hall–Kier alpha value is -0.770. The van der Waals surface area contributed by atoms with E-state index in [1.807, 2.05) is 0 Å². The Labute approximate surface area is 158 Å². The van der Waals surface area contributed by atoms with E-state index < -0.39 is 5.97 Å². The molecular formula is C18H39NO7. The van der Waals surface area contributed by atoms with Gasteiger partial charge in [-0.3, -0.25) is 0 Å². The molecule has 0 radical (unpaired) electrons. The number of carboxylic acids is 1. The second kappa shape index (κ2) is 20.5. The molecule has 0 aliphatic rings. The summed E-state index contributed by atoms with van der Waals surface area (Å²) >= 11 is 0. The van der Waals surface area contributed by atoms with E-state index in [4.69, 9.17) is 23.7 Å². The monoisotopic (exact) mass is 381 g/mol. The molecule has 0 spiro atoms. The van der Waals surface area contributed by atoms with Crippen molar-refractivity contribution in [3.8, 4) is 0 Å². The third-order valence-electron chi connectivity index (χ3n) is 3.99. The first kappa shape index (κ1) is 27.4. The highest BCUT2D eigenvalue weighted by molar-refractivity contribution is 5.64. The third-order valence-corrected chi connectivity index (χ3v) is 3.99. The number of rotatable bonds is 17. The summed E-state index contributed by atoms with van der Waals surface area (Å²) in [5.74, 6) is -1.10. The van der Waals surface area contributed by atoms with Gasteiger partial charge in [0, 0.05) is 26.6 Å². The lowest BCUT2D eigenvalue weighted by Crippen LogP contribution is -2.45. The fraction of sp³-hybridized carbons (Fsp3) is 0.944. The number of ether oxygens (including phenoxy) is 5. The van der Waals surface area contributed by atoms with E-state index >= 15 is 0 Å². The summed E-state index contributed by atoms with van der Waals surface area (Å²) in [7, 11) is 5.64. The lowest BCUT2D eigenvalue weighted by atomic mass is 10.4. The number of likely N-dealkylation sites (N-methyl/N-ethyl adjacent to an activating group) is 1. The van der Waals surface area contributed by atoms with Gasteiger partial charge in [-0.2, -0.15) is 0 Å². The molecule has 0 N–H and O–H groups in total. The predicted octanol–water partition coefficient (Wildman–Crippen LogP) is -0.0582. The zero-order chi connectivity index (χ0) is 20.1. The number of aliphatic carboxylic acids is 1. The highest BCUT2D eigenvalue weighted by Crippen LogP contribution is 1.99. The molecule has 26 heavy (non-hydrogen) atoms. The Balaban J connectivity index is 0. The van der Waals surface area contributed by atoms with Gasteiger partial charge in [0.05, 0.1) is 73.0 Å². The fourth-order valence-electron chi connectivity index (χ4n) is 1.69. The zero-order valence-corrected chi connectivity index (χ0v) is 17.3. The first-order valence-corrected chi connectivity index (χ1v) is 9.20. The Kier molecular flexibility index (Phi) is 21.7. The number of hydrogen-bond acceptors (Lipinski definition) is 7. The van der Waals surface area contributed by atoms with Crippen LogP contribution in [-0.4, -0.2) is 104 Å². The van der Waals surface area contributed by atoms with Gasteiger partial charge in [0.15, 0.2) is 0 Å². The highest BCUT2D eigenvalue weighted by Gasteiger charge is 2.14. The van der Waals surface area contributed by atoms with Crippen molar-refractivity contribution in [1.29, 1.82) is 0 Å². The second-order valence-electron chi connectivity index (χ2n) is 5.92. The summed E-state index contributed by atoms with van der Waals surface area (Å²) in [6, 6.07) is 0. The molecule has 8 nitrogen and oxygen atoms in total. The van der Waals surface area contributed by atoms with Crippen LogP contribution in [0.3, 0.4) is 0 Å². The molecule has 0 unspecified atom stereocenters. The summed E-state index contributed by atoms with van der Waals surface area (Å²) in [6.07, 6.45) is -0.0832. The lowest BCUT2D eigenvalue weighted by molar-refractivity contribution is -0.906. The maximum absolute atomic E-state index is 10.0. The second-order valence-corrected chi connectivity index (χ2v) is 5.92. The molecule has 8 heteroatoms. The van der Waals surface area contributed by atoms with Crippen molar-refractivity contribution in [2.45, 2.75) is 20.3 Å². The number of carbonyl (C=O) groups excluding carboxylic acids is 1. The molecule has 0 saturated heterocycles. The maximum atomic E-state index is 10.0. The number of nitrogens with zero attached hydrogens (tertiary/aromatic N) is 1. The quantitative estimate of drug-likeness (QED) is 0.258. The number of carboxylic acid groups (broad SMARTS) is 1. The van der Waals surface area contributed by atoms with Crippen LogP contribution in [0.2, 0.25) is 0 Å². The minimum absolute atomic E-state index is 0.0832. The van der Waals surface area contributed by atoms with Gasteiger partial charge in [0.2, 0.25) is 0 Å². The molecule has 0 heterocycles. The van der Waals surface area contributed by atoms with Gasteiger partial charge in [-0.05, 0) is 13.8 Å². The number of carbonyl (C=O) groups is 1. The van der Waals surface area contributed by atoms with Crippen molar-refractivity contribution in [3.05, 3.63) is 0 Å². The van der Waals surface area contributed by atoms with Gasteiger partial charge in [-0.1, -0.05) is 0 Å². The first-order valence-electron chi connectivity index (χ1n) is 9.20. The summed E-state index contributed by atoms with van der Waals surface area (Å²) in [5, 5.41) is 10.0. The van der Waals surface area contributed by atoms with Gasteiger partial charge >= 0.3 is 0 Å². The van der Waals surface area contributed by atoms with E-state index in [9.17, 15) is 9.90 Å². The molecule has 0 rings (SSSR count). The van der Waals surface area contributed by atoms with Crippen LogP contribution >= 0.6 is 0 Å². The molecule has 0 atom stereocenters. The van der Waals surface area contributed by atoms with E-state index in [0.717, 1.165) is 17.6 Å². The van der Waals surface area contributed by atoms with Gasteiger partial charge in [-0.15, -0.1) is 0 Å². The van der Waals surface area contributed by atoms with E-state index in [1.165, 1.54) is 13.1 Å². The predicted molar refractivity (Wildman–Crippen MR) is 98.0 cm³/mol. The minimum atomic E-state index is -1.10. The summed E-state index contributed by atoms with van der Waals surface area (Å²) in [5.41, 5.74) is 0. The number of quaternary nitrogens is 1. The van der Waals surface area contributed by atoms with Crippen molar-refractivity contribution >= 4 is 5.97 Å². The van der Waals surface area contributed by atoms with Crippen LogP contribution in [0, 0.1) is 0 Å². The van der Waals surface area contributed by atoms with Crippen LogP contribution in [-0.2, 0) is 28.5 Å². The first-order chi connectivity index (χ1) is 12.5. The minimum Gasteiger partial charge on any atom is -0.550 e. The van der Waals surface area contributed by atoms with Crippen molar-refractivity contribution in [2.24, 2.45) is 0 Å². The van der Waals surface area contributed by atoms with Gasteiger partial charge in [0.1, 0.15) is 6.54 Å². The van der Waals surface area contributed by atoms with E-state index in [1.54, 1.807) is 14.2 Å². The molecule has 0 aromatic rings. The van der Waals surface area contributed by atoms with Gasteiger partial charge in [-0.25, -0.2) is 0 Å². The van der Waals surface area contributed by atoms with Crippen LogP contribution in [0.15, 0.2) is 0 Å². The maximum Gasteiger partial charge on any atom is 0.102 e. The Morgan fingerprint density at radius 1 is 0.769 bits per heavy atom. The average molecular weight is 382 g/mol. The van der Waals surface area contributed by atoms with Gasteiger partial charge in [0.25, 0.3) is 0 Å². The molecule has 0 aliphatic carbocycles. The van der Waals surface area contributed by atoms with Crippen molar-refractivity contribution in [3.63, 3.8) is 0 Å². The topological polar surface area (TPSA) is 86.3 Å². The Morgan fingerprint density at radius 2 is 1.19 bits per heavy atom. The van der Waals surface area contributed by atoms with Crippen LogP contribution in [0.1, 0.15) is 20.3 Å². The third kappa shape index (κ3) is 21.3. The fourth-order valence-corrected chi connectivity index (χ4v) is 1.69. The molecule has 158 valence electrons. The van der Waals surface area contributed by atoms with Crippen LogP contribution in [0.25, 0.3) is 0 Å². The smallest absolute Gasteiger partial charge is 0.102 e. The SMILES string of the molecule is CC[N+](C)(CC)CCOC.COCCOCCOCCOCCC(=O)[O-]. The molecule has 0 bridgehead atoms. The molecule has 0 aliphatic heterocycles. The number of hydrogen-bond donors (Lipinski definition) is 0. The van der Waals surface area contributed by atoms with Crippen LogP contribution < -0.4 is 5.11 Å². The molecule has 0 fully saturated rings. The molecule has 0 aromatic carbocycles. The number of methoxy groups -OCH3 is 2. The summed E-state index contributed by atoms with van der Waals surface area (Å²) in [4.78, 5) is 10.0. The Bertz CT molecular complexity index is 299. The van der Waals surface area contributed by atoms with Crippen molar-refractivity contribution in [1.82, 2.24) is 0 Å². The summed E-state index contributed by atoms with van der Waals surface area (Å²) < 4.78 is 26.2. The van der Waals surface area contributed by atoms with E-state index in [2.05, 4.69) is 20.9 Å². The molecule has 0 aromatic heterocycles. The van der Waals surface area contributed by atoms with Gasteiger partial charge < -0.3 is 38.1 Å². The highest BCUT2D eigenvalue weighted by atomic mass is 16.6. The normalized spacial score (nSPS) is 11.1. The lowest BCUT2D eigenvalue weighted by Gasteiger charge is -2.31. The van der Waals surface area contributed by atoms with E-state index in [-0.39, 0.29) is 13.0 Å². The molecule has 0 saturated carbocycles. The van der Waals surface area contributed by atoms with Crippen molar-refractivity contribution in [2.75, 3.05) is 93.8 Å². The van der Waals surface area contributed by atoms with Crippen LogP contribution in [0.4, 0.5) is 0 Å². The van der Waals surface area contributed by atoms with E-state index in [0.29, 0.717) is 39.6 Å². The standard InChI is InChI=1S/C10H20O6.C8H20NO/c1-13-4-5-15-8-9-16-7-6-14-3-2-10(11)12;1-5-9(3,6-2)7-8-10-4/h2-9H2,1H3,(H,11,12);5-8H2,1-4H3/q;+1/p-1. The summed E-state index contributed by atoms with van der Waals surface area (Å²) in [6.45, 7) is 12.0. The zero-order valence-electron chi connectivity index (χ0n) is 17.3. The van der Waals surface area contributed by atoms with Crippen LogP contribution in [0.5, 0.6) is 0 Å².